The second-order valence-electron chi connectivity index (χ2n) is 6.01. The second kappa shape index (κ2) is 6.69. The van der Waals surface area contributed by atoms with Gasteiger partial charge in [-0.3, -0.25) is 0 Å². The lowest BCUT2D eigenvalue weighted by molar-refractivity contribution is 0.591. The molecule has 5 heteroatoms. The Morgan fingerprint density at radius 1 is 0.654 bits per heavy atom. The molecule has 26 heavy (non-hydrogen) atoms. The smallest absolute Gasteiger partial charge is 0.202 e. The van der Waals surface area contributed by atoms with Gasteiger partial charge in [0.1, 0.15) is 5.69 Å². The van der Waals surface area contributed by atoms with E-state index in [9.17, 15) is 8.42 Å². The van der Waals surface area contributed by atoms with Crippen LogP contribution in [0.5, 0.6) is 0 Å². The molecule has 4 aromatic rings. The lowest BCUT2D eigenvalue weighted by Gasteiger charge is -2.10. The predicted molar refractivity (Wildman–Crippen MR) is 102 cm³/mol. The van der Waals surface area contributed by atoms with Gasteiger partial charge in [0.25, 0.3) is 0 Å². The zero-order valence-corrected chi connectivity index (χ0v) is 14.7. The summed E-state index contributed by atoms with van der Waals surface area (Å²) < 4.78 is 25.9. The zero-order valence-electron chi connectivity index (χ0n) is 13.9. The van der Waals surface area contributed by atoms with E-state index in [1.807, 2.05) is 66.7 Å². The molecule has 0 aliphatic rings. The Morgan fingerprint density at radius 3 is 1.92 bits per heavy atom. The van der Waals surface area contributed by atoms with Crippen LogP contribution in [-0.2, 0) is 15.6 Å². The molecule has 0 amide bonds. The molecule has 0 bridgehead atoms. The summed E-state index contributed by atoms with van der Waals surface area (Å²) in [6, 6.07) is 26.1. The molecule has 4 rings (SSSR count). The molecule has 0 N–H and O–H groups in total. The molecule has 1 aromatic heterocycles. The molecule has 0 unspecified atom stereocenters. The standard InChI is InChI=1S/C21H16N2O2S/c24-26(25,15-16-9-3-1-4-10-16)21-19-14-8-7-13-18(19)20(22-23-21)17-11-5-2-6-12-17/h1-14H,15H2. The first-order valence-corrected chi connectivity index (χ1v) is 9.88. The minimum Gasteiger partial charge on any atom is -0.222 e. The van der Waals surface area contributed by atoms with Crippen molar-refractivity contribution in [1.29, 1.82) is 0 Å². The summed E-state index contributed by atoms with van der Waals surface area (Å²) in [6.45, 7) is 0. The first-order valence-electron chi connectivity index (χ1n) is 8.23. The topological polar surface area (TPSA) is 59.9 Å². The van der Waals surface area contributed by atoms with Crippen molar-refractivity contribution in [3.8, 4) is 11.3 Å². The van der Waals surface area contributed by atoms with Crippen molar-refractivity contribution in [1.82, 2.24) is 10.2 Å². The van der Waals surface area contributed by atoms with Crippen LogP contribution in [0.2, 0.25) is 0 Å². The van der Waals surface area contributed by atoms with Crippen LogP contribution in [0, 0.1) is 0 Å². The van der Waals surface area contributed by atoms with Crippen LogP contribution in [0.15, 0.2) is 90.0 Å². The highest BCUT2D eigenvalue weighted by Crippen LogP contribution is 2.30. The molecule has 0 atom stereocenters. The second-order valence-corrected chi connectivity index (χ2v) is 7.91. The number of aromatic nitrogens is 2. The normalized spacial score (nSPS) is 11.5. The van der Waals surface area contributed by atoms with Crippen LogP contribution >= 0.6 is 0 Å². The molecular formula is C21H16N2O2S. The molecule has 0 radical (unpaired) electrons. The van der Waals surface area contributed by atoms with Crippen LogP contribution in [0.25, 0.3) is 22.0 Å². The molecule has 0 aliphatic heterocycles. The third-order valence-corrected chi connectivity index (χ3v) is 5.80. The molecule has 4 nitrogen and oxygen atoms in total. The SMILES string of the molecule is O=S(=O)(Cc1ccccc1)c1nnc(-c2ccccc2)c2ccccc12. The lowest BCUT2D eigenvalue weighted by atomic mass is 10.1. The Labute approximate surface area is 152 Å². The average molecular weight is 360 g/mol. The van der Waals surface area contributed by atoms with E-state index in [1.54, 1.807) is 18.2 Å². The van der Waals surface area contributed by atoms with Gasteiger partial charge in [-0.15, -0.1) is 10.2 Å². The summed E-state index contributed by atoms with van der Waals surface area (Å²) in [5.41, 5.74) is 2.31. The Kier molecular flexibility index (Phi) is 4.22. The number of fused-ring (bicyclic) bond motifs is 1. The number of hydrogen-bond donors (Lipinski definition) is 0. The highest BCUT2D eigenvalue weighted by atomic mass is 32.2. The Hall–Kier alpha value is -3.05. The summed E-state index contributed by atoms with van der Waals surface area (Å²) in [5, 5.41) is 9.77. The maximum Gasteiger partial charge on any atom is 0.202 e. The number of rotatable bonds is 4. The van der Waals surface area contributed by atoms with E-state index in [2.05, 4.69) is 10.2 Å². The quantitative estimate of drug-likeness (QED) is 0.545. The Balaban J connectivity index is 1.87. The van der Waals surface area contributed by atoms with E-state index in [-0.39, 0.29) is 10.8 Å². The summed E-state index contributed by atoms with van der Waals surface area (Å²) in [7, 11) is -3.61. The maximum absolute atomic E-state index is 13.0. The van der Waals surface area contributed by atoms with Gasteiger partial charge in [0.05, 0.1) is 5.75 Å². The predicted octanol–water partition coefficient (Wildman–Crippen LogP) is 4.27. The molecule has 0 fully saturated rings. The minimum atomic E-state index is -3.61. The monoisotopic (exact) mass is 360 g/mol. The van der Waals surface area contributed by atoms with Crippen molar-refractivity contribution in [2.24, 2.45) is 0 Å². The highest BCUT2D eigenvalue weighted by molar-refractivity contribution is 7.90. The Morgan fingerprint density at radius 2 is 1.23 bits per heavy atom. The van der Waals surface area contributed by atoms with Crippen molar-refractivity contribution in [2.75, 3.05) is 0 Å². The van der Waals surface area contributed by atoms with Gasteiger partial charge in [-0.1, -0.05) is 84.9 Å². The van der Waals surface area contributed by atoms with E-state index in [1.165, 1.54) is 0 Å². The summed E-state index contributed by atoms with van der Waals surface area (Å²) in [6.07, 6.45) is 0. The molecule has 0 spiro atoms. The molecule has 128 valence electrons. The fraction of sp³-hybridized carbons (Fsp3) is 0.0476. The number of hydrogen-bond acceptors (Lipinski definition) is 4. The van der Waals surface area contributed by atoms with Gasteiger partial charge < -0.3 is 0 Å². The zero-order chi connectivity index (χ0) is 18.0. The number of benzene rings is 3. The molecule has 3 aromatic carbocycles. The summed E-state index contributed by atoms with van der Waals surface area (Å²) in [4.78, 5) is 0. The highest BCUT2D eigenvalue weighted by Gasteiger charge is 2.22. The van der Waals surface area contributed by atoms with Crippen molar-refractivity contribution in [2.45, 2.75) is 10.8 Å². The lowest BCUT2D eigenvalue weighted by Crippen LogP contribution is -2.09. The van der Waals surface area contributed by atoms with Crippen LogP contribution in [0.3, 0.4) is 0 Å². The van der Waals surface area contributed by atoms with E-state index >= 15 is 0 Å². The third-order valence-electron chi connectivity index (χ3n) is 4.19. The van der Waals surface area contributed by atoms with Crippen LogP contribution in [0.1, 0.15) is 5.56 Å². The van der Waals surface area contributed by atoms with Gasteiger partial charge in [0, 0.05) is 16.3 Å². The molecule has 0 saturated heterocycles. The minimum absolute atomic E-state index is 0.0247. The number of sulfone groups is 1. The van der Waals surface area contributed by atoms with E-state index in [0.717, 1.165) is 16.5 Å². The van der Waals surface area contributed by atoms with Crippen molar-refractivity contribution >= 4 is 20.6 Å². The van der Waals surface area contributed by atoms with Gasteiger partial charge >= 0.3 is 0 Å². The third kappa shape index (κ3) is 3.09. The van der Waals surface area contributed by atoms with E-state index < -0.39 is 9.84 Å². The number of nitrogens with zero attached hydrogens (tertiary/aromatic N) is 2. The van der Waals surface area contributed by atoms with Gasteiger partial charge in [0.15, 0.2) is 5.03 Å². The largest absolute Gasteiger partial charge is 0.222 e. The van der Waals surface area contributed by atoms with E-state index in [0.29, 0.717) is 11.1 Å². The molecule has 0 aliphatic carbocycles. The van der Waals surface area contributed by atoms with Crippen LogP contribution in [0.4, 0.5) is 0 Å². The van der Waals surface area contributed by atoms with Gasteiger partial charge in [0.2, 0.25) is 9.84 Å². The van der Waals surface area contributed by atoms with Crippen LogP contribution in [-0.4, -0.2) is 18.6 Å². The molecular weight excluding hydrogens is 344 g/mol. The average Bonchev–Trinajstić information content (AvgIpc) is 2.68. The first kappa shape index (κ1) is 16.4. The fourth-order valence-corrected chi connectivity index (χ4v) is 4.43. The summed E-state index contributed by atoms with van der Waals surface area (Å²) >= 11 is 0. The fourth-order valence-electron chi connectivity index (χ4n) is 2.98. The molecule has 0 saturated carbocycles. The van der Waals surface area contributed by atoms with Crippen molar-refractivity contribution in [3.63, 3.8) is 0 Å². The summed E-state index contributed by atoms with van der Waals surface area (Å²) in [5.74, 6) is -0.100. The maximum atomic E-state index is 13.0. The Bertz CT molecular complexity index is 1160. The van der Waals surface area contributed by atoms with Gasteiger partial charge in [-0.2, -0.15) is 0 Å². The van der Waals surface area contributed by atoms with Gasteiger partial charge in [-0.05, 0) is 5.56 Å². The van der Waals surface area contributed by atoms with E-state index in [4.69, 9.17) is 0 Å². The first-order chi connectivity index (χ1) is 12.6. The van der Waals surface area contributed by atoms with Crippen molar-refractivity contribution in [3.05, 3.63) is 90.5 Å². The molecule has 1 heterocycles. The van der Waals surface area contributed by atoms with Crippen molar-refractivity contribution < 1.29 is 8.42 Å². The van der Waals surface area contributed by atoms with Gasteiger partial charge in [-0.25, -0.2) is 8.42 Å². The van der Waals surface area contributed by atoms with Crippen LogP contribution < -0.4 is 0 Å².